The van der Waals surface area contributed by atoms with Crippen molar-refractivity contribution >= 4 is 11.6 Å². The van der Waals surface area contributed by atoms with Crippen LogP contribution in [-0.2, 0) is 6.54 Å². The number of benzene rings is 1. The zero-order valence-corrected chi connectivity index (χ0v) is 12.1. The molecule has 104 valence electrons. The number of carbonyl (C=O) groups is 1. The predicted octanol–water partition coefficient (Wildman–Crippen LogP) is 2.55. The molecule has 0 unspecified atom stereocenters. The Morgan fingerprint density at radius 3 is 2.70 bits per heavy atom. The lowest BCUT2D eigenvalue weighted by Crippen LogP contribution is -2.28. The van der Waals surface area contributed by atoms with E-state index >= 15 is 0 Å². The van der Waals surface area contributed by atoms with E-state index < -0.39 is 0 Å². The van der Waals surface area contributed by atoms with Crippen LogP contribution >= 0.6 is 0 Å². The first kappa shape index (κ1) is 14.1. The monoisotopic (exact) mass is 269 g/mol. The average molecular weight is 269 g/mol. The molecule has 0 fully saturated rings. The largest absolute Gasteiger partial charge is 0.397 e. The summed E-state index contributed by atoms with van der Waals surface area (Å²) in [4.78, 5) is 18.0. The lowest BCUT2D eigenvalue weighted by molar-refractivity contribution is 0.0780. The Kier molecular flexibility index (Phi) is 4.03. The number of aryl methyl sites for hydroxylation is 2. The molecule has 0 aliphatic rings. The Hall–Kier alpha value is -2.36. The second-order valence-electron chi connectivity index (χ2n) is 5.03. The van der Waals surface area contributed by atoms with Crippen LogP contribution in [0.25, 0.3) is 0 Å². The maximum Gasteiger partial charge on any atom is 0.274 e. The molecule has 2 N–H and O–H groups in total. The molecular weight excluding hydrogens is 250 g/mol. The highest BCUT2D eigenvalue weighted by Gasteiger charge is 2.16. The molecule has 4 nitrogen and oxygen atoms in total. The lowest BCUT2D eigenvalue weighted by Gasteiger charge is -2.19. The summed E-state index contributed by atoms with van der Waals surface area (Å²) in [6.45, 7) is 4.65. The molecule has 1 aromatic heterocycles. The molecule has 0 aliphatic heterocycles. The standard InChI is InChI=1S/C16H19N3O/c1-11-6-7-13(12(2)9-11)10-19(3)16(20)15-14(17)5-4-8-18-15/h4-9H,10,17H2,1-3H3. The number of nitrogens with zero attached hydrogens (tertiary/aromatic N) is 2. The van der Waals surface area contributed by atoms with Gasteiger partial charge in [0.05, 0.1) is 5.69 Å². The second kappa shape index (κ2) is 5.74. The Bertz CT molecular complexity index is 637. The minimum atomic E-state index is -0.164. The molecule has 0 radical (unpaired) electrons. The average Bonchev–Trinajstić information content (AvgIpc) is 2.41. The maximum atomic E-state index is 12.3. The van der Waals surface area contributed by atoms with Gasteiger partial charge in [0.1, 0.15) is 0 Å². The molecule has 0 saturated heterocycles. The molecule has 20 heavy (non-hydrogen) atoms. The normalized spacial score (nSPS) is 10.3. The minimum Gasteiger partial charge on any atom is -0.397 e. The number of anilines is 1. The molecule has 1 heterocycles. The number of aromatic nitrogens is 1. The fourth-order valence-electron chi connectivity index (χ4n) is 2.13. The zero-order valence-electron chi connectivity index (χ0n) is 12.1. The molecular formula is C16H19N3O. The quantitative estimate of drug-likeness (QED) is 0.931. The van der Waals surface area contributed by atoms with Crippen molar-refractivity contribution in [2.45, 2.75) is 20.4 Å². The van der Waals surface area contributed by atoms with Crippen LogP contribution in [0.3, 0.4) is 0 Å². The Balaban J connectivity index is 2.18. The van der Waals surface area contributed by atoms with Crippen LogP contribution in [0.15, 0.2) is 36.5 Å². The first-order valence-corrected chi connectivity index (χ1v) is 6.51. The number of nitrogens with two attached hydrogens (primary N) is 1. The summed E-state index contributed by atoms with van der Waals surface area (Å²) in [6, 6.07) is 9.62. The van der Waals surface area contributed by atoms with Gasteiger partial charge in [0.2, 0.25) is 0 Å². The van der Waals surface area contributed by atoms with Crippen LogP contribution in [0.1, 0.15) is 27.2 Å². The highest BCUT2D eigenvalue weighted by atomic mass is 16.2. The molecule has 0 aliphatic carbocycles. The summed E-state index contributed by atoms with van der Waals surface area (Å²) in [5, 5.41) is 0. The van der Waals surface area contributed by atoms with Gasteiger partial charge >= 0.3 is 0 Å². The van der Waals surface area contributed by atoms with Crippen LogP contribution in [-0.4, -0.2) is 22.8 Å². The highest BCUT2D eigenvalue weighted by molar-refractivity contribution is 5.96. The van der Waals surface area contributed by atoms with Crippen molar-refractivity contribution in [1.82, 2.24) is 9.88 Å². The summed E-state index contributed by atoms with van der Waals surface area (Å²) in [6.07, 6.45) is 1.58. The van der Waals surface area contributed by atoms with Crippen molar-refractivity contribution in [3.05, 3.63) is 58.9 Å². The zero-order chi connectivity index (χ0) is 14.7. The van der Waals surface area contributed by atoms with Crippen molar-refractivity contribution < 1.29 is 4.79 Å². The molecule has 0 atom stereocenters. The van der Waals surface area contributed by atoms with Gasteiger partial charge in [-0.2, -0.15) is 0 Å². The van der Waals surface area contributed by atoms with E-state index in [-0.39, 0.29) is 5.91 Å². The van der Waals surface area contributed by atoms with Crippen LogP contribution in [0.4, 0.5) is 5.69 Å². The Labute approximate surface area is 119 Å². The van der Waals surface area contributed by atoms with Crippen LogP contribution in [0.5, 0.6) is 0 Å². The van der Waals surface area contributed by atoms with Gasteiger partial charge in [-0.05, 0) is 37.1 Å². The number of amides is 1. The molecule has 2 rings (SSSR count). The van der Waals surface area contributed by atoms with E-state index in [1.807, 2.05) is 0 Å². The maximum absolute atomic E-state index is 12.3. The van der Waals surface area contributed by atoms with Gasteiger partial charge in [0.15, 0.2) is 5.69 Å². The summed E-state index contributed by atoms with van der Waals surface area (Å²) in [5.41, 5.74) is 10.0. The molecule has 1 aromatic carbocycles. The molecule has 0 spiro atoms. The third-order valence-electron chi connectivity index (χ3n) is 3.29. The van der Waals surface area contributed by atoms with Crippen LogP contribution in [0.2, 0.25) is 0 Å². The van der Waals surface area contributed by atoms with E-state index in [1.165, 1.54) is 11.1 Å². The first-order valence-electron chi connectivity index (χ1n) is 6.51. The summed E-state index contributed by atoms with van der Waals surface area (Å²) >= 11 is 0. The molecule has 0 bridgehead atoms. The number of carbonyl (C=O) groups excluding carboxylic acids is 1. The van der Waals surface area contributed by atoms with E-state index in [1.54, 1.807) is 30.3 Å². The van der Waals surface area contributed by atoms with E-state index in [4.69, 9.17) is 5.73 Å². The number of rotatable bonds is 3. The smallest absolute Gasteiger partial charge is 0.274 e. The SMILES string of the molecule is Cc1ccc(CN(C)C(=O)c2ncccc2N)c(C)c1. The van der Waals surface area contributed by atoms with Gasteiger partial charge in [0.25, 0.3) is 5.91 Å². The van der Waals surface area contributed by atoms with Gasteiger partial charge in [-0.25, -0.2) is 4.98 Å². The van der Waals surface area contributed by atoms with Gasteiger partial charge in [0, 0.05) is 19.8 Å². The van der Waals surface area contributed by atoms with Crippen molar-refractivity contribution in [3.8, 4) is 0 Å². The van der Waals surface area contributed by atoms with Crippen LogP contribution in [0, 0.1) is 13.8 Å². The number of pyridine rings is 1. The summed E-state index contributed by atoms with van der Waals surface area (Å²) < 4.78 is 0. The number of hydrogen-bond donors (Lipinski definition) is 1. The van der Waals surface area contributed by atoms with Gasteiger partial charge in [-0.3, -0.25) is 4.79 Å². The molecule has 4 heteroatoms. The lowest BCUT2D eigenvalue weighted by atomic mass is 10.1. The van der Waals surface area contributed by atoms with Gasteiger partial charge in [-0.15, -0.1) is 0 Å². The topological polar surface area (TPSA) is 59.2 Å². The van der Waals surface area contributed by atoms with E-state index in [0.717, 1.165) is 5.56 Å². The van der Waals surface area contributed by atoms with Crippen LogP contribution < -0.4 is 5.73 Å². The van der Waals surface area contributed by atoms with E-state index in [0.29, 0.717) is 17.9 Å². The number of hydrogen-bond acceptors (Lipinski definition) is 3. The molecule has 1 amide bonds. The summed E-state index contributed by atoms with van der Waals surface area (Å²) in [5.74, 6) is -0.164. The van der Waals surface area contributed by atoms with Gasteiger partial charge in [-0.1, -0.05) is 23.8 Å². The fourth-order valence-corrected chi connectivity index (χ4v) is 2.13. The van der Waals surface area contributed by atoms with Crippen molar-refractivity contribution in [2.24, 2.45) is 0 Å². The van der Waals surface area contributed by atoms with E-state index in [9.17, 15) is 4.79 Å². The fraction of sp³-hybridized carbons (Fsp3) is 0.250. The second-order valence-corrected chi connectivity index (χ2v) is 5.03. The third kappa shape index (κ3) is 2.96. The highest BCUT2D eigenvalue weighted by Crippen LogP contribution is 2.15. The third-order valence-corrected chi connectivity index (χ3v) is 3.29. The minimum absolute atomic E-state index is 0.164. The number of nitrogen functional groups attached to an aromatic ring is 1. The van der Waals surface area contributed by atoms with Crippen molar-refractivity contribution in [1.29, 1.82) is 0 Å². The van der Waals surface area contributed by atoms with Crippen molar-refractivity contribution in [2.75, 3.05) is 12.8 Å². The molecule has 0 saturated carbocycles. The Morgan fingerprint density at radius 2 is 2.05 bits per heavy atom. The van der Waals surface area contributed by atoms with E-state index in [2.05, 4.69) is 37.0 Å². The van der Waals surface area contributed by atoms with Gasteiger partial charge < -0.3 is 10.6 Å². The predicted molar refractivity (Wildman–Crippen MR) is 80.4 cm³/mol. The first-order chi connectivity index (χ1) is 9.49. The summed E-state index contributed by atoms with van der Waals surface area (Å²) in [7, 11) is 1.76. The van der Waals surface area contributed by atoms with Crippen molar-refractivity contribution in [3.63, 3.8) is 0 Å². The Morgan fingerprint density at radius 1 is 1.30 bits per heavy atom. The molecule has 2 aromatic rings.